The fourth-order valence-corrected chi connectivity index (χ4v) is 4.35. The van der Waals surface area contributed by atoms with Crippen LogP contribution in [0.1, 0.15) is 137 Å². The first-order valence-electron chi connectivity index (χ1n) is 13.2. The Morgan fingerprint density at radius 1 is 0.759 bits per heavy atom. The number of hydrogen-bond donors (Lipinski definition) is 0. The highest BCUT2D eigenvalue weighted by Crippen LogP contribution is 2.22. The molecule has 0 amide bonds. The molecule has 0 aliphatic heterocycles. The van der Waals surface area contributed by atoms with Gasteiger partial charge in [-0.25, -0.2) is 0 Å². The zero-order chi connectivity index (χ0) is 21.7. The van der Waals surface area contributed by atoms with Gasteiger partial charge in [0.1, 0.15) is 0 Å². The highest BCUT2D eigenvalue weighted by atomic mass is 15.1. The van der Waals surface area contributed by atoms with E-state index in [9.17, 15) is 0 Å². The number of rotatable bonds is 21. The predicted octanol–water partition coefficient (Wildman–Crippen LogP) is 9.68. The summed E-state index contributed by atoms with van der Waals surface area (Å²) in [6.07, 6.45) is 28.0. The molecule has 0 saturated carbocycles. The molecule has 2 atom stereocenters. The van der Waals surface area contributed by atoms with Crippen molar-refractivity contribution in [3.63, 3.8) is 0 Å². The molecule has 0 aromatic heterocycles. The molecule has 0 spiro atoms. The minimum atomic E-state index is 0.581. The van der Waals surface area contributed by atoms with Crippen molar-refractivity contribution in [2.24, 2.45) is 5.92 Å². The lowest BCUT2D eigenvalue weighted by Crippen LogP contribution is -2.34. The maximum Gasteiger partial charge on any atom is 0.0340 e. The summed E-state index contributed by atoms with van der Waals surface area (Å²) in [5.41, 5.74) is 1.32. The van der Waals surface area contributed by atoms with E-state index in [1.165, 1.54) is 108 Å². The van der Waals surface area contributed by atoms with Crippen molar-refractivity contribution in [2.75, 3.05) is 7.05 Å². The van der Waals surface area contributed by atoms with Crippen molar-refractivity contribution in [3.8, 4) is 0 Å². The smallest absolute Gasteiger partial charge is 0.0340 e. The second kappa shape index (κ2) is 20.5. The van der Waals surface area contributed by atoms with Gasteiger partial charge in [-0.05, 0) is 38.0 Å². The largest absolute Gasteiger partial charge is 0.375 e. The Morgan fingerprint density at radius 2 is 1.24 bits per heavy atom. The highest BCUT2D eigenvalue weighted by molar-refractivity contribution is 5.00. The summed E-state index contributed by atoms with van der Waals surface area (Å²) in [5, 5.41) is 0. The van der Waals surface area contributed by atoms with Crippen molar-refractivity contribution < 1.29 is 0 Å². The lowest BCUT2D eigenvalue weighted by atomic mass is 9.96. The van der Waals surface area contributed by atoms with Gasteiger partial charge in [0.15, 0.2) is 0 Å². The fourth-order valence-electron chi connectivity index (χ4n) is 4.35. The molecule has 172 valence electrons. The Balaban J connectivity index is 3.83. The summed E-state index contributed by atoms with van der Waals surface area (Å²) in [6.45, 7) is 13.6. The van der Waals surface area contributed by atoms with Gasteiger partial charge in [-0.2, -0.15) is 0 Å². The highest BCUT2D eigenvalue weighted by Gasteiger charge is 2.18. The molecule has 0 radical (unpaired) electrons. The van der Waals surface area contributed by atoms with Crippen LogP contribution in [0.3, 0.4) is 0 Å². The first-order valence-corrected chi connectivity index (χ1v) is 13.2. The topological polar surface area (TPSA) is 3.24 Å². The molecule has 0 rings (SSSR count). The summed E-state index contributed by atoms with van der Waals surface area (Å²) < 4.78 is 0. The average molecular weight is 406 g/mol. The third kappa shape index (κ3) is 15.7. The Kier molecular flexibility index (Phi) is 20.0. The number of nitrogens with zero attached hydrogens (tertiary/aromatic N) is 1. The van der Waals surface area contributed by atoms with Crippen LogP contribution in [0.2, 0.25) is 0 Å². The van der Waals surface area contributed by atoms with Crippen molar-refractivity contribution in [1.29, 1.82) is 0 Å². The Morgan fingerprint density at radius 3 is 1.76 bits per heavy atom. The standard InChI is InChI=1S/C28H55N/c1-7-10-12-13-14-15-16-17-18-19-20-21-23-24-26(4)28(9-3)29(6)27(5)25-22-11-8-2/h23-24,26,28H,5,7-22,25H2,1-4,6H3/b24-23+. The van der Waals surface area contributed by atoms with E-state index in [0.717, 1.165) is 6.42 Å². The molecule has 0 aliphatic carbocycles. The van der Waals surface area contributed by atoms with Crippen molar-refractivity contribution in [1.82, 2.24) is 4.90 Å². The van der Waals surface area contributed by atoms with Gasteiger partial charge in [-0.15, -0.1) is 0 Å². The van der Waals surface area contributed by atoms with Crippen LogP contribution in [0, 0.1) is 5.92 Å². The first kappa shape index (κ1) is 28.3. The van der Waals surface area contributed by atoms with E-state index in [1.54, 1.807) is 0 Å². The number of unbranched alkanes of at least 4 members (excludes halogenated alkanes) is 13. The molecular formula is C28H55N. The molecule has 1 heteroatoms. The maximum absolute atomic E-state index is 4.35. The van der Waals surface area contributed by atoms with Crippen molar-refractivity contribution >= 4 is 0 Å². The molecule has 0 bridgehead atoms. The lowest BCUT2D eigenvalue weighted by Gasteiger charge is -2.34. The number of hydrogen-bond acceptors (Lipinski definition) is 1. The molecule has 0 aliphatic rings. The van der Waals surface area contributed by atoms with Crippen LogP contribution >= 0.6 is 0 Å². The second-order valence-corrected chi connectivity index (χ2v) is 9.22. The summed E-state index contributed by atoms with van der Waals surface area (Å²) in [5.74, 6) is 0.598. The van der Waals surface area contributed by atoms with Gasteiger partial charge in [-0.1, -0.05) is 123 Å². The van der Waals surface area contributed by atoms with Gasteiger partial charge in [0.25, 0.3) is 0 Å². The van der Waals surface area contributed by atoms with E-state index < -0.39 is 0 Å². The van der Waals surface area contributed by atoms with Gasteiger partial charge in [0.2, 0.25) is 0 Å². The molecule has 0 aromatic rings. The minimum Gasteiger partial charge on any atom is -0.375 e. The van der Waals surface area contributed by atoms with E-state index in [1.807, 2.05) is 0 Å². The van der Waals surface area contributed by atoms with Gasteiger partial charge in [0, 0.05) is 18.8 Å². The summed E-state index contributed by atoms with van der Waals surface area (Å²) in [6, 6.07) is 0.581. The molecule has 0 aromatic carbocycles. The van der Waals surface area contributed by atoms with Gasteiger partial charge >= 0.3 is 0 Å². The quantitative estimate of drug-likeness (QED) is 0.136. The van der Waals surface area contributed by atoms with Crippen LogP contribution in [0.15, 0.2) is 24.4 Å². The molecule has 2 unspecified atom stereocenters. The van der Waals surface area contributed by atoms with E-state index in [0.29, 0.717) is 12.0 Å². The van der Waals surface area contributed by atoms with Crippen molar-refractivity contribution in [3.05, 3.63) is 24.4 Å². The average Bonchev–Trinajstić information content (AvgIpc) is 2.72. The zero-order valence-corrected chi connectivity index (χ0v) is 21.0. The van der Waals surface area contributed by atoms with Crippen LogP contribution < -0.4 is 0 Å². The third-order valence-electron chi connectivity index (χ3n) is 6.50. The van der Waals surface area contributed by atoms with Gasteiger partial charge < -0.3 is 4.90 Å². The Hall–Kier alpha value is -0.720. The van der Waals surface area contributed by atoms with Crippen LogP contribution in [0.5, 0.6) is 0 Å². The zero-order valence-electron chi connectivity index (χ0n) is 21.0. The number of allylic oxidation sites excluding steroid dienone is 2. The van der Waals surface area contributed by atoms with Gasteiger partial charge in [0.05, 0.1) is 0 Å². The third-order valence-corrected chi connectivity index (χ3v) is 6.50. The molecule has 0 saturated heterocycles. The fraction of sp³-hybridized carbons (Fsp3) is 0.857. The van der Waals surface area contributed by atoms with E-state index in [-0.39, 0.29) is 0 Å². The lowest BCUT2D eigenvalue weighted by molar-refractivity contribution is 0.241. The molecule has 0 heterocycles. The molecule has 0 fully saturated rings. The first-order chi connectivity index (χ1) is 14.1. The maximum atomic E-state index is 4.35. The molecule has 0 N–H and O–H groups in total. The Bertz CT molecular complexity index is 384. The molecule has 29 heavy (non-hydrogen) atoms. The minimum absolute atomic E-state index is 0.581. The van der Waals surface area contributed by atoms with Crippen LogP contribution in [-0.2, 0) is 0 Å². The van der Waals surface area contributed by atoms with E-state index in [2.05, 4.69) is 58.4 Å². The second-order valence-electron chi connectivity index (χ2n) is 9.22. The van der Waals surface area contributed by atoms with Crippen LogP contribution in [-0.4, -0.2) is 18.0 Å². The molecule has 1 nitrogen and oxygen atoms in total. The van der Waals surface area contributed by atoms with E-state index >= 15 is 0 Å². The Labute approximate surface area is 185 Å². The van der Waals surface area contributed by atoms with Crippen molar-refractivity contribution in [2.45, 2.75) is 143 Å². The van der Waals surface area contributed by atoms with E-state index in [4.69, 9.17) is 0 Å². The van der Waals surface area contributed by atoms with Gasteiger partial charge in [-0.3, -0.25) is 0 Å². The predicted molar refractivity (Wildman–Crippen MR) is 135 cm³/mol. The molecular weight excluding hydrogens is 350 g/mol. The van der Waals surface area contributed by atoms with Crippen LogP contribution in [0.25, 0.3) is 0 Å². The summed E-state index contributed by atoms with van der Waals surface area (Å²) >= 11 is 0. The normalized spacial score (nSPS) is 13.7. The SMILES string of the molecule is C=C(CCCCC)N(C)C(CC)C(C)/C=C/CCCCCCCCCCCCC. The van der Waals surface area contributed by atoms with Crippen LogP contribution in [0.4, 0.5) is 0 Å². The summed E-state index contributed by atoms with van der Waals surface area (Å²) in [7, 11) is 2.25. The summed E-state index contributed by atoms with van der Waals surface area (Å²) in [4.78, 5) is 2.45. The monoisotopic (exact) mass is 405 g/mol.